The molecule has 4 heterocycles. The van der Waals surface area contributed by atoms with Crippen LogP contribution in [0.3, 0.4) is 0 Å². The van der Waals surface area contributed by atoms with E-state index in [4.69, 9.17) is 10.5 Å². The monoisotopic (exact) mass is 320 g/mol. The Morgan fingerprint density at radius 3 is 2.96 bits per heavy atom. The minimum Gasteiger partial charge on any atom is -0.368 e. The Hall–Kier alpha value is -2.35. The van der Waals surface area contributed by atoms with Gasteiger partial charge in [0.15, 0.2) is 0 Å². The van der Waals surface area contributed by atoms with E-state index in [0.717, 1.165) is 18.4 Å². The molecule has 2 aliphatic heterocycles. The van der Waals surface area contributed by atoms with E-state index in [1.54, 1.807) is 6.07 Å². The summed E-state index contributed by atoms with van der Waals surface area (Å²) in [4.78, 5) is 15.9. The SMILES string of the molecule is NC(=O)c1cc(-c2cnn(C(F)F)c2)c2c(n1)[C@H]1CC[C@H](C2)O1. The summed E-state index contributed by atoms with van der Waals surface area (Å²) < 4.78 is 32.0. The predicted octanol–water partition coefficient (Wildman–Crippen LogP) is 2.22. The van der Waals surface area contributed by atoms with Crippen molar-refractivity contribution in [1.82, 2.24) is 14.8 Å². The van der Waals surface area contributed by atoms with Crippen LogP contribution in [0.2, 0.25) is 0 Å². The first-order valence-electron chi connectivity index (χ1n) is 7.34. The molecule has 1 amide bonds. The van der Waals surface area contributed by atoms with Crippen molar-refractivity contribution in [1.29, 1.82) is 0 Å². The minimum absolute atomic E-state index is 0.109. The molecule has 2 aromatic heterocycles. The number of hydrogen-bond acceptors (Lipinski definition) is 4. The number of nitrogens with two attached hydrogens (primary N) is 1. The minimum atomic E-state index is -2.71. The highest BCUT2D eigenvalue weighted by molar-refractivity contribution is 5.92. The lowest BCUT2D eigenvalue weighted by Crippen LogP contribution is -2.23. The van der Waals surface area contributed by atoms with E-state index >= 15 is 0 Å². The zero-order valence-electron chi connectivity index (χ0n) is 12.1. The van der Waals surface area contributed by atoms with Gasteiger partial charge in [-0.05, 0) is 30.0 Å². The molecule has 2 aromatic rings. The molecule has 0 unspecified atom stereocenters. The highest BCUT2D eigenvalue weighted by Gasteiger charge is 2.37. The third kappa shape index (κ3) is 2.29. The number of halogens is 2. The number of nitrogens with zero attached hydrogens (tertiary/aromatic N) is 3. The zero-order chi connectivity index (χ0) is 16.1. The smallest absolute Gasteiger partial charge is 0.333 e. The molecule has 4 rings (SSSR count). The van der Waals surface area contributed by atoms with Crippen LogP contribution in [-0.2, 0) is 11.2 Å². The van der Waals surface area contributed by atoms with Crippen LogP contribution < -0.4 is 5.73 Å². The lowest BCUT2D eigenvalue weighted by Gasteiger charge is -2.25. The van der Waals surface area contributed by atoms with Crippen molar-refractivity contribution in [2.45, 2.75) is 38.0 Å². The summed E-state index contributed by atoms with van der Waals surface area (Å²) in [5, 5.41) is 3.67. The van der Waals surface area contributed by atoms with Crippen LogP contribution in [0.4, 0.5) is 8.78 Å². The molecule has 0 radical (unpaired) electrons. The Labute approximate surface area is 130 Å². The second kappa shape index (κ2) is 5.09. The van der Waals surface area contributed by atoms with E-state index in [2.05, 4.69) is 10.1 Å². The number of amides is 1. The first-order valence-corrected chi connectivity index (χ1v) is 7.34. The Morgan fingerprint density at radius 2 is 2.26 bits per heavy atom. The lowest BCUT2D eigenvalue weighted by atomic mass is 9.94. The van der Waals surface area contributed by atoms with Crippen LogP contribution in [0.25, 0.3) is 11.1 Å². The molecule has 120 valence electrons. The van der Waals surface area contributed by atoms with Gasteiger partial charge in [-0.3, -0.25) is 4.79 Å². The summed E-state index contributed by atoms with van der Waals surface area (Å²) in [6.07, 6.45) is 4.98. The van der Waals surface area contributed by atoms with Gasteiger partial charge in [-0.1, -0.05) is 0 Å². The van der Waals surface area contributed by atoms with Gasteiger partial charge < -0.3 is 10.5 Å². The molecule has 0 aromatic carbocycles. The Kier molecular flexibility index (Phi) is 3.15. The average Bonchev–Trinajstić information content (AvgIpc) is 3.14. The molecule has 6 nitrogen and oxygen atoms in total. The lowest BCUT2D eigenvalue weighted by molar-refractivity contribution is 0.0295. The molecule has 8 heteroatoms. The van der Waals surface area contributed by atoms with E-state index in [1.165, 1.54) is 12.4 Å². The second-order valence-electron chi connectivity index (χ2n) is 5.80. The molecule has 2 N–H and O–H groups in total. The van der Waals surface area contributed by atoms with Gasteiger partial charge in [0.05, 0.1) is 18.0 Å². The summed E-state index contributed by atoms with van der Waals surface area (Å²) in [6, 6.07) is 1.55. The van der Waals surface area contributed by atoms with Crippen LogP contribution in [0.5, 0.6) is 0 Å². The molecular formula is C15H14F2N4O2. The molecule has 0 saturated carbocycles. The maximum atomic E-state index is 12.8. The van der Waals surface area contributed by atoms with Crippen molar-refractivity contribution < 1.29 is 18.3 Å². The molecule has 0 spiro atoms. The zero-order valence-corrected chi connectivity index (χ0v) is 12.1. The first kappa shape index (κ1) is 14.3. The van der Waals surface area contributed by atoms with Gasteiger partial charge in [-0.25, -0.2) is 9.67 Å². The third-order valence-electron chi connectivity index (χ3n) is 4.37. The predicted molar refractivity (Wildman–Crippen MR) is 75.8 cm³/mol. The fourth-order valence-electron chi connectivity index (χ4n) is 3.32. The largest absolute Gasteiger partial charge is 0.368 e. The van der Waals surface area contributed by atoms with Gasteiger partial charge in [0.25, 0.3) is 5.91 Å². The first-order chi connectivity index (χ1) is 11.0. The number of carbonyl (C=O) groups excluding carboxylic acids is 1. The van der Waals surface area contributed by atoms with Crippen molar-refractivity contribution in [3.63, 3.8) is 0 Å². The van der Waals surface area contributed by atoms with Crippen molar-refractivity contribution >= 4 is 5.91 Å². The normalized spacial score (nSPS) is 22.4. The maximum absolute atomic E-state index is 12.8. The number of alkyl halides is 2. The summed E-state index contributed by atoms with van der Waals surface area (Å²) in [6.45, 7) is -2.71. The number of ether oxygens (including phenoxy) is 1. The number of carbonyl (C=O) groups is 1. The Bertz CT molecular complexity index is 790. The second-order valence-corrected chi connectivity index (χ2v) is 5.80. The number of rotatable bonds is 3. The van der Waals surface area contributed by atoms with Crippen molar-refractivity contribution in [2.24, 2.45) is 5.73 Å². The highest BCUT2D eigenvalue weighted by Crippen LogP contribution is 2.43. The molecule has 0 aliphatic carbocycles. The van der Waals surface area contributed by atoms with E-state index in [0.29, 0.717) is 27.9 Å². The topological polar surface area (TPSA) is 83.0 Å². The fraction of sp³-hybridized carbons (Fsp3) is 0.400. The van der Waals surface area contributed by atoms with Crippen molar-refractivity contribution in [2.75, 3.05) is 0 Å². The van der Waals surface area contributed by atoms with E-state index in [9.17, 15) is 13.6 Å². The van der Waals surface area contributed by atoms with Crippen molar-refractivity contribution in [3.8, 4) is 11.1 Å². The number of primary amides is 1. The molecule has 1 saturated heterocycles. The van der Waals surface area contributed by atoms with Gasteiger partial charge in [0.1, 0.15) is 11.8 Å². The Balaban J connectivity index is 1.89. The number of hydrogen-bond donors (Lipinski definition) is 1. The van der Waals surface area contributed by atoms with Crippen LogP contribution in [0.15, 0.2) is 18.5 Å². The molecule has 2 aliphatic rings. The van der Waals surface area contributed by atoms with Crippen LogP contribution in [-0.4, -0.2) is 26.8 Å². The third-order valence-corrected chi connectivity index (χ3v) is 4.37. The summed E-state index contributed by atoms with van der Waals surface area (Å²) >= 11 is 0. The van der Waals surface area contributed by atoms with E-state index in [1.807, 2.05) is 0 Å². The molecule has 2 bridgehead atoms. The van der Waals surface area contributed by atoms with Gasteiger partial charge in [0, 0.05) is 18.2 Å². The van der Waals surface area contributed by atoms with Crippen LogP contribution in [0.1, 0.15) is 47.2 Å². The molecule has 1 fully saturated rings. The molecule has 2 atom stereocenters. The quantitative estimate of drug-likeness (QED) is 0.940. The number of aromatic nitrogens is 3. The molecule has 23 heavy (non-hydrogen) atoms. The van der Waals surface area contributed by atoms with Gasteiger partial charge in [0.2, 0.25) is 0 Å². The van der Waals surface area contributed by atoms with Crippen LogP contribution in [0, 0.1) is 0 Å². The summed E-state index contributed by atoms with van der Waals surface area (Å²) in [7, 11) is 0. The molecular weight excluding hydrogens is 306 g/mol. The van der Waals surface area contributed by atoms with Gasteiger partial charge >= 0.3 is 6.55 Å². The van der Waals surface area contributed by atoms with Crippen LogP contribution >= 0.6 is 0 Å². The fourth-order valence-corrected chi connectivity index (χ4v) is 3.32. The van der Waals surface area contributed by atoms with Crippen molar-refractivity contribution in [3.05, 3.63) is 35.4 Å². The average molecular weight is 320 g/mol. The van der Waals surface area contributed by atoms with Gasteiger partial charge in [-0.15, -0.1) is 0 Å². The summed E-state index contributed by atoms with van der Waals surface area (Å²) in [5.74, 6) is -0.657. The standard InChI is InChI=1S/C15H14F2N4O2/c16-15(17)21-6-7(5-19-21)9-4-11(14(18)22)20-13-10(9)3-8-1-2-12(13)23-8/h4-6,8,12,15H,1-3H2,(H2,18,22)/t8-,12-/m1/s1. The number of fused-ring (bicyclic) bond motifs is 4. The summed E-state index contributed by atoms with van der Waals surface area (Å²) in [5.41, 5.74) is 8.29. The number of pyridine rings is 1. The van der Waals surface area contributed by atoms with E-state index < -0.39 is 12.5 Å². The maximum Gasteiger partial charge on any atom is 0.333 e. The van der Waals surface area contributed by atoms with E-state index in [-0.39, 0.29) is 17.9 Å². The highest BCUT2D eigenvalue weighted by atomic mass is 19.3. The Morgan fingerprint density at radius 1 is 1.43 bits per heavy atom. The van der Waals surface area contributed by atoms with Gasteiger partial charge in [-0.2, -0.15) is 13.9 Å².